The average molecular weight is 231 g/mol. The first-order valence-electron chi connectivity index (χ1n) is 6.70. The van der Waals surface area contributed by atoms with Crippen molar-refractivity contribution < 1.29 is 4.74 Å². The van der Waals surface area contributed by atoms with Gasteiger partial charge in [-0.05, 0) is 73.9 Å². The molecule has 0 bridgehead atoms. The number of hydrogen-bond donors (Lipinski definition) is 1. The van der Waals surface area contributed by atoms with Crippen molar-refractivity contribution in [2.75, 3.05) is 14.2 Å². The Balaban J connectivity index is 2.09. The van der Waals surface area contributed by atoms with Crippen LogP contribution in [0.15, 0.2) is 12.1 Å². The van der Waals surface area contributed by atoms with Gasteiger partial charge in [0, 0.05) is 6.04 Å². The van der Waals surface area contributed by atoms with Crippen molar-refractivity contribution in [3.8, 4) is 5.75 Å². The molecule has 0 amide bonds. The summed E-state index contributed by atoms with van der Waals surface area (Å²) in [4.78, 5) is 0. The molecule has 0 heterocycles. The molecule has 0 radical (unpaired) electrons. The maximum atomic E-state index is 5.42. The summed E-state index contributed by atoms with van der Waals surface area (Å²) in [5.41, 5.74) is 4.72. The second kappa shape index (κ2) is 4.34. The molecule has 1 aromatic rings. The van der Waals surface area contributed by atoms with Crippen molar-refractivity contribution in [3.63, 3.8) is 0 Å². The van der Waals surface area contributed by atoms with Gasteiger partial charge in [-0.1, -0.05) is 0 Å². The summed E-state index contributed by atoms with van der Waals surface area (Å²) in [5.74, 6) is 1.78. The summed E-state index contributed by atoms with van der Waals surface area (Å²) >= 11 is 0. The van der Waals surface area contributed by atoms with Gasteiger partial charge in [-0.25, -0.2) is 0 Å². The zero-order valence-electron chi connectivity index (χ0n) is 10.8. The van der Waals surface area contributed by atoms with Gasteiger partial charge < -0.3 is 10.1 Å². The van der Waals surface area contributed by atoms with Gasteiger partial charge in [-0.15, -0.1) is 0 Å². The topological polar surface area (TPSA) is 21.3 Å². The molecule has 92 valence electrons. The Bertz CT molecular complexity index is 410. The number of aryl methyl sites for hydroxylation is 2. The molecule has 0 aromatic heterocycles. The van der Waals surface area contributed by atoms with Crippen LogP contribution in [0.4, 0.5) is 0 Å². The minimum Gasteiger partial charge on any atom is -0.497 e. The fraction of sp³-hybridized carbons (Fsp3) is 0.600. The molecule has 2 heteroatoms. The molecule has 0 fully saturated rings. The minimum absolute atomic E-state index is 0.676. The highest BCUT2D eigenvalue weighted by Gasteiger charge is 2.32. The first-order chi connectivity index (χ1) is 8.33. The molecule has 2 atom stereocenters. The van der Waals surface area contributed by atoms with Crippen LogP contribution in [0.2, 0.25) is 0 Å². The van der Waals surface area contributed by atoms with E-state index in [1.54, 1.807) is 12.7 Å². The van der Waals surface area contributed by atoms with Crippen molar-refractivity contribution >= 4 is 0 Å². The first kappa shape index (κ1) is 11.1. The van der Waals surface area contributed by atoms with Crippen LogP contribution in [0.1, 0.15) is 41.9 Å². The van der Waals surface area contributed by atoms with Gasteiger partial charge in [0.25, 0.3) is 0 Å². The first-order valence-corrected chi connectivity index (χ1v) is 6.70. The molecule has 2 aliphatic carbocycles. The summed E-state index contributed by atoms with van der Waals surface area (Å²) in [5, 5.41) is 3.50. The van der Waals surface area contributed by atoms with Gasteiger partial charge >= 0.3 is 0 Å². The van der Waals surface area contributed by atoms with E-state index >= 15 is 0 Å². The van der Waals surface area contributed by atoms with Crippen molar-refractivity contribution in [2.45, 2.75) is 44.1 Å². The van der Waals surface area contributed by atoms with E-state index < -0.39 is 0 Å². The summed E-state index contributed by atoms with van der Waals surface area (Å²) < 4.78 is 5.42. The maximum Gasteiger partial charge on any atom is 0.119 e. The highest BCUT2D eigenvalue weighted by Crippen LogP contribution is 2.42. The molecule has 0 saturated heterocycles. The standard InChI is InChI=1S/C15H21NO/c1-16-14-7-6-11-9-12(17-2)8-10-4-3-5-13(14)15(10)11/h8-9,13-14,16H,3-7H2,1-2H3. The Hall–Kier alpha value is -1.02. The van der Waals surface area contributed by atoms with Crippen LogP contribution in [-0.4, -0.2) is 20.2 Å². The molecule has 2 unspecified atom stereocenters. The van der Waals surface area contributed by atoms with E-state index in [2.05, 4.69) is 24.5 Å². The third-order valence-electron chi connectivity index (χ3n) is 4.47. The average Bonchev–Trinajstić information content (AvgIpc) is 2.39. The smallest absolute Gasteiger partial charge is 0.119 e. The van der Waals surface area contributed by atoms with Gasteiger partial charge in [0.1, 0.15) is 5.75 Å². The molecule has 0 aliphatic heterocycles. The van der Waals surface area contributed by atoms with Gasteiger partial charge in [0.15, 0.2) is 0 Å². The van der Waals surface area contributed by atoms with Crippen molar-refractivity contribution in [2.24, 2.45) is 0 Å². The van der Waals surface area contributed by atoms with Crippen molar-refractivity contribution in [1.29, 1.82) is 0 Å². The fourth-order valence-electron chi connectivity index (χ4n) is 3.67. The zero-order chi connectivity index (χ0) is 11.8. The number of rotatable bonds is 2. The lowest BCUT2D eigenvalue weighted by molar-refractivity contribution is 0.367. The molecule has 2 aliphatic rings. The Morgan fingerprint density at radius 1 is 1.18 bits per heavy atom. The number of nitrogens with one attached hydrogen (secondary N) is 1. The van der Waals surface area contributed by atoms with E-state index in [1.165, 1.54) is 43.2 Å². The molecule has 0 saturated carbocycles. The Labute approximate surface area is 103 Å². The number of ether oxygens (including phenoxy) is 1. The molecule has 17 heavy (non-hydrogen) atoms. The molecular formula is C15H21NO. The zero-order valence-corrected chi connectivity index (χ0v) is 10.8. The number of hydrogen-bond acceptors (Lipinski definition) is 2. The van der Waals surface area contributed by atoms with Crippen LogP contribution in [-0.2, 0) is 12.8 Å². The fourth-order valence-corrected chi connectivity index (χ4v) is 3.67. The molecule has 1 aromatic carbocycles. The Morgan fingerprint density at radius 2 is 1.94 bits per heavy atom. The molecule has 1 N–H and O–H groups in total. The van der Waals surface area contributed by atoms with Crippen LogP contribution < -0.4 is 10.1 Å². The van der Waals surface area contributed by atoms with E-state index in [0.29, 0.717) is 6.04 Å². The van der Waals surface area contributed by atoms with E-state index in [1.807, 2.05) is 0 Å². The van der Waals surface area contributed by atoms with Gasteiger partial charge in [0.2, 0.25) is 0 Å². The largest absolute Gasteiger partial charge is 0.497 e. The van der Waals surface area contributed by atoms with Crippen molar-refractivity contribution in [1.82, 2.24) is 5.32 Å². The second-order valence-electron chi connectivity index (χ2n) is 5.29. The predicted molar refractivity (Wildman–Crippen MR) is 69.8 cm³/mol. The summed E-state index contributed by atoms with van der Waals surface area (Å²) in [7, 11) is 3.88. The summed E-state index contributed by atoms with van der Waals surface area (Å²) in [6.45, 7) is 0. The highest BCUT2D eigenvalue weighted by atomic mass is 16.5. The lowest BCUT2D eigenvalue weighted by Gasteiger charge is -2.38. The van der Waals surface area contributed by atoms with Crippen LogP contribution in [0, 0.1) is 0 Å². The SMILES string of the molecule is CNC1CCc2cc(OC)cc3c2C1CCC3. The van der Waals surface area contributed by atoms with E-state index in [4.69, 9.17) is 4.74 Å². The lowest BCUT2D eigenvalue weighted by atomic mass is 9.71. The van der Waals surface area contributed by atoms with E-state index in [0.717, 1.165) is 11.7 Å². The highest BCUT2D eigenvalue weighted by molar-refractivity contribution is 5.47. The van der Waals surface area contributed by atoms with Gasteiger partial charge in [-0.3, -0.25) is 0 Å². The Morgan fingerprint density at radius 3 is 2.65 bits per heavy atom. The molecule has 3 rings (SSSR count). The monoisotopic (exact) mass is 231 g/mol. The van der Waals surface area contributed by atoms with Crippen LogP contribution in [0.25, 0.3) is 0 Å². The second-order valence-corrected chi connectivity index (χ2v) is 5.29. The Kier molecular flexibility index (Phi) is 2.83. The van der Waals surface area contributed by atoms with Crippen LogP contribution in [0.3, 0.4) is 0 Å². The maximum absolute atomic E-state index is 5.42. The molecule has 2 nitrogen and oxygen atoms in total. The number of methoxy groups -OCH3 is 1. The van der Waals surface area contributed by atoms with Gasteiger partial charge in [-0.2, -0.15) is 0 Å². The van der Waals surface area contributed by atoms with E-state index in [-0.39, 0.29) is 0 Å². The third-order valence-corrected chi connectivity index (χ3v) is 4.47. The van der Waals surface area contributed by atoms with Gasteiger partial charge in [0.05, 0.1) is 7.11 Å². The molecule has 0 spiro atoms. The normalized spacial score (nSPS) is 26.5. The predicted octanol–water partition coefficient (Wildman–Crippen LogP) is 2.65. The van der Waals surface area contributed by atoms with Crippen LogP contribution in [0.5, 0.6) is 5.75 Å². The van der Waals surface area contributed by atoms with Crippen LogP contribution >= 0.6 is 0 Å². The van der Waals surface area contributed by atoms with E-state index in [9.17, 15) is 0 Å². The number of benzene rings is 1. The third kappa shape index (κ3) is 1.75. The number of likely N-dealkylation sites (N-methyl/N-ethyl adjacent to an activating group) is 1. The minimum atomic E-state index is 0.676. The summed E-state index contributed by atoms with van der Waals surface area (Å²) in [6.07, 6.45) is 6.36. The quantitative estimate of drug-likeness (QED) is 0.845. The molecular weight excluding hydrogens is 210 g/mol. The van der Waals surface area contributed by atoms with Crippen molar-refractivity contribution in [3.05, 3.63) is 28.8 Å². The summed E-state index contributed by atoms with van der Waals surface area (Å²) in [6, 6.07) is 5.18. The lowest BCUT2D eigenvalue weighted by Crippen LogP contribution is -2.38.